The molecule has 4 aromatic rings. The molecular formula is C31H37N7O5. The first-order chi connectivity index (χ1) is 20.5. The van der Waals surface area contributed by atoms with E-state index in [2.05, 4.69) is 22.1 Å². The maximum atomic E-state index is 14.0. The third kappa shape index (κ3) is 6.21. The molecule has 0 unspecified atom stereocenters. The van der Waals surface area contributed by atoms with Gasteiger partial charge in [-0.25, -0.2) is 9.59 Å². The number of carbonyl (C=O) groups is 1. The largest absolute Gasteiger partial charge is 0.497 e. The van der Waals surface area contributed by atoms with Crippen LogP contribution in [0.3, 0.4) is 0 Å². The average Bonchev–Trinajstić information content (AvgIpc) is 3.35. The number of amides is 1. The van der Waals surface area contributed by atoms with Crippen LogP contribution in [0, 0.1) is 11.8 Å². The van der Waals surface area contributed by atoms with Crippen LogP contribution in [0.1, 0.15) is 46.2 Å². The van der Waals surface area contributed by atoms with Crippen molar-refractivity contribution in [3.05, 3.63) is 56.9 Å². The van der Waals surface area contributed by atoms with Gasteiger partial charge in [-0.2, -0.15) is 4.98 Å². The van der Waals surface area contributed by atoms with Crippen molar-refractivity contribution in [2.24, 2.45) is 7.05 Å². The van der Waals surface area contributed by atoms with Gasteiger partial charge in [-0.1, -0.05) is 12.0 Å². The molecule has 1 N–H and O–H groups in total. The van der Waals surface area contributed by atoms with Crippen molar-refractivity contribution in [1.82, 2.24) is 29.0 Å². The number of methoxy groups -OCH3 is 1. The summed E-state index contributed by atoms with van der Waals surface area (Å²) in [7, 11) is 3.21. The van der Waals surface area contributed by atoms with Gasteiger partial charge in [0.15, 0.2) is 11.2 Å². The van der Waals surface area contributed by atoms with Crippen molar-refractivity contribution in [2.75, 3.05) is 25.1 Å². The van der Waals surface area contributed by atoms with E-state index in [0.717, 1.165) is 29.5 Å². The molecule has 12 nitrogen and oxygen atoms in total. The molecule has 3 aromatic heterocycles. The lowest BCUT2D eigenvalue weighted by Crippen LogP contribution is -2.49. The lowest BCUT2D eigenvalue weighted by Gasteiger charge is -2.34. The number of anilines is 1. The van der Waals surface area contributed by atoms with Crippen LogP contribution >= 0.6 is 0 Å². The predicted molar refractivity (Wildman–Crippen MR) is 165 cm³/mol. The van der Waals surface area contributed by atoms with Crippen molar-refractivity contribution in [3.63, 3.8) is 0 Å². The Morgan fingerprint density at radius 1 is 1.14 bits per heavy atom. The van der Waals surface area contributed by atoms with Crippen LogP contribution in [0.4, 0.5) is 10.7 Å². The van der Waals surface area contributed by atoms with E-state index in [1.165, 1.54) is 9.13 Å². The Kier molecular flexibility index (Phi) is 8.17. The summed E-state index contributed by atoms with van der Waals surface area (Å²) in [5.41, 5.74) is 0.304. The van der Waals surface area contributed by atoms with Gasteiger partial charge in [0.1, 0.15) is 11.4 Å². The van der Waals surface area contributed by atoms with Crippen molar-refractivity contribution in [1.29, 1.82) is 0 Å². The topological polar surface area (TPSA) is 126 Å². The summed E-state index contributed by atoms with van der Waals surface area (Å²) < 4.78 is 15.1. The number of fused-ring (bicyclic) bond motifs is 2. The predicted octanol–water partition coefficient (Wildman–Crippen LogP) is 3.02. The summed E-state index contributed by atoms with van der Waals surface area (Å²) in [4.78, 5) is 51.4. The van der Waals surface area contributed by atoms with Gasteiger partial charge < -0.3 is 19.7 Å². The van der Waals surface area contributed by atoms with Crippen molar-refractivity contribution >= 4 is 34.1 Å². The van der Waals surface area contributed by atoms with Crippen molar-refractivity contribution in [2.45, 2.75) is 65.3 Å². The molecule has 12 heteroatoms. The van der Waals surface area contributed by atoms with Gasteiger partial charge in [0.05, 0.1) is 31.4 Å². The van der Waals surface area contributed by atoms with Gasteiger partial charge in [-0.3, -0.25) is 23.5 Å². The number of aromatic nitrogens is 5. The average molecular weight is 588 g/mol. The molecule has 1 atom stereocenters. The SMILES string of the molecule is CC#CCn1c(N2CCC[C@@H](NC(=O)OC(C)(C)C)C2)nc2c1c(=O)n(Cc1ccc3cc(OC)ccc3n1)c(=O)n2C. The summed E-state index contributed by atoms with van der Waals surface area (Å²) >= 11 is 0. The summed E-state index contributed by atoms with van der Waals surface area (Å²) in [6.45, 7) is 8.54. The molecule has 0 spiro atoms. The van der Waals surface area contributed by atoms with Gasteiger partial charge in [-0.15, -0.1) is 5.92 Å². The zero-order chi connectivity index (χ0) is 30.9. The first kappa shape index (κ1) is 29.7. The van der Waals surface area contributed by atoms with E-state index >= 15 is 0 Å². The number of ether oxygens (including phenoxy) is 2. The lowest BCUT2D eigenvalue weighted by atomic mass is 10.1. The van der Waals surface area contributed by atoms with E-state index < -0.39 is 22.9 Å². The molecular weight excluding hydrogens is 550 g/mol. The number of piperidine rings is 1. The molecule has 1 aromatic carbocycles. The van der Waals surface area contributed by atoms with Crippen LogP contribution in [-0.4, -0.2) is 61.6 Å². The fraction of sp³-hybridized carbons (Fsp3) is 0.452. The van der Waals surface area contributed by atoms with Crippen molar-refractivity contribution in [3.8, 4) is 17.6 Å². The quantitative estimate of drug-likeness (QED) is 0.342. The Morgan fingerprint density at radius 2 is 1.93 bits per heavy atom. The summed E-state index contributed by atoms with van der Waals surface area (Å²) in [6.07, 6.45) is 1.10. The third-order valence-electron chi connectivity index (χ3n) is 7.33. The van der Waals surface area contributed by atoms with Gasteiger partial charge >= 0.3 is 11.8 Å². The number of pyridine rings is 1. The minimum atomic E-state index is -0.605. The highest BCUT2D eigenvalue weighted by Gasteiger charge is 2.29. The second-order valence-electron chi connectivity index (χ2n) is 11.6. The van der Waals surface area contributed by atoms with E-state index in [0.29, 0.717) is 24.7 Å². The number of carbonyl (C=O) groups excluding carboxylic acids is 1. The Hall–Kier alpha value is -4.79. The van der Waals surface area contributed by atoms with E-state index in [4.69, 9.17) is 14.5 Å². The Labute approximate surface area is 249 Å². The molecule has 0 radical (unpaired) electrons. The highest BCUT2D eigenvalue weighted by atomic mass is 16.6. The van der Waals surface area contributed by atoms with Crippen LogP contribution in [-0.2, 0) is 24.9 Å². The maximum absolute atomic E-state index is 14.0. The molecule has 0 saturated carbocycles. The molecule has 4 heterocycles. The summed E-state index contributed by atoms with van der Waals surface area (Å²) in [6, 6.07) is 9.07. The number of hydrogen-bond donors (Lipinski definition) is 1. The monoisotopic (exact) mass is 587 g/mol. The number of aryl methyl sites for hydroxylation is 1. The van der Waals surface area contributed by atoms with Gasteiger partial charge in [0.2, 0.25) is 5.95 Å². The Bertz CT molecular complexity index is 1870. The standard InChI is InChI=1S/C31H37N7O5/c1-7-8-16-37-25-26(34-28(37)36-15-9-10-21(18-36)33-29(40)43-31(2,3)4)35(5)30(41)38(27(25)39)19-22-12-11-20-17-23(42-6)13-14-24(20)32-22/h11-14,17,21H,9-10,15-16,18-19H2,1-6H3,(H,33,40)/t21-/m1/s1. The van der Waals surface area contributed by atoms with Gasteiger partial charge in [0, 0.05) is 31.6 Å². The minimum Gasteiger partial charge on any atom is -0.497 e. The molecule has 0 bridgehead atoms. The molecule has 43 heavy (non-hydrogen) atoms. The van der Waals surface area contributed by atoms with Crippen LogP contribution in [0.15, 0.2) is 39.9 Å². The lowest BCUT2D eigenvalue weighted by molar-refractivity contribution is 0.0499. The number of benzene rings is 1. The van der Waals surface area contributed by atoms with E-state index in [-0.39, 0.29) is 30.3 Å². The fourth-order valence-corrected chi connectivity index (χ4v) is 5.32. The van der Waals surface area contributed by atoms with Crippen LogP contribution < -0.4 is 26.2 Å². The fourth-order valence-electron chi connectivity index (χ4n) is 5.32. The highest BCUT2D eigenvalue weighted by Crippen LogP contribution is 2.24. The van der Waals surface area contributed by atoms with Gasteiger partial charge in [0.25, 0.3) is 5.56 Å². The molecule has 5 rings (SSSR count). The molecule has 1 aliphatic heterocycles. The van der Waals surface area contributed by atoms with Crippen molar-refractivity contribution < 1.29 is 14.3 Å². The van der Waals surface area contributed by atoms with E-state index in [9.17, 15) is 14.4 Å². The number of alkyl carbamates (subject to hydrolysis) is 1. The Balaban J connectivity index is 1.53. The number of imidazole rings is 1. The molecule has 1 saturated heterocycles. The summed E-state index contributed by atoms with van der Waals surface area (Å²) in [5.74, 6) is 7.19. The van der Waals surface area contributed by atoms with E-state index in [1.807, 2.05) is 49.9 Å². The van der Waals surface area contributed by atoms with Gasteiger partial charge in [-0.05, 0) is 64.8 Å². The van der Waals surface area contributed by atoms with Crippen LogP contribution in [0.5, 0.6) is 5.75 Å². The third-order valence-corrected chi connectivity index (χ3v) is 7.33. The molecule has 1 fully saturated rings. The second-order valence-corrected chi connectivity index (χ2v) is 11.6. The smallest absolute Gasteiger partial charge is 0.407 e. The zero-order valence-corrected chi connectivity index (χ0v) is 25.4. The van der Waals surface area contributed by atoms with E-state index in [1.54, 1.807) is 31.7 Å². The zero-order valence-electron chi connectivity index (χ0n) is 25.4. The maximum Gasteiger partial charge on any atom is 0.407 e. The van der Waals surface area contributed by atoms with Crippen LogP contribution in [0.25, 0.3) is 22.1 Å². The Morgan fingerprint density at radius 3 is 2.65 bits per heavy atom. The number of nitrogens with one attached hydrogen (secondary N) is 1. The highest BCUT2D eigenvalue weighted by molar-refractivity contribution is 5.80. The normalized spacial score (nSPS) is 15.3. The number of rotatable bonds is 6. The molecule has 1 aliphatic rings. The molecule has 1 amide bonds. The first-order valence-corrected chi connectivity index (χ1v) is 14.3. The second kappa shape index (κ2) is 11.8. The number of nitrogens with zero attached hydrogens (tertiary/aromatic N) is 6. The van der Waals surface area contributed by atoms with Crippen LogP contribution in [0.2, 0.25) is 0 Å². The molecule has 0 aliphatic carbocycles. The minimum absolute atomic E-state index is 0.00498. The number of hydrogen-bond acceptors (Lipinski definition) is 8. The molecule has 226 valence electrons. The summed E-state index contributed by atoms with van der Waals surface area (Å²) in [5, 5.41) is 3.85. The first-order valence-electron chi connectivity index (χ1n) is 14.3.